The van der Waals surface area contributed by atoms with Crippen molar-refractivity contribution in [1.29, 1.82) is 0 Å². The smallest absolute Gasteiger partial charge is 0.255 e. The molecule has 0 saturated heterocycles. The highest BCUT2D eigenvalue weighted by Gasteiger charge is 2.19. The Hall–Kier alpha value is -1.86. The summed E-state index contributed by atoms with van der Waals surface area (Å²) in [6.45, 7) is 4.00. The first-order valence-corrected chi connectivity index (χ1v) is 7.17. The summed E-state index contributed by atoms with van der Waals surface area (Å²) in [5, 5.41) is 8.75. The zero-order valence-electron chi connectivity index (χ0n) is 12.8. The maximum absolute atomic E-state index is 13.4. The van der Waals surface area contributed by atoms with Crippen LogP contribution in [-0.4, -0.2) is 35.6 Å². The molecule has 1 N–H and O–H groups in total. The van der Waals surface area contributed by atoms with E-state index in [9.17, 15) is 9.18 Å². The van der Waals surface area contributed by atoms with Gasteiger partial charge in [-0.15, -0.1) is 0 Å². The highest BCUT2D eigenvalue weighted by molar-refractivity contribution is 5.96. The molecule has 0 bridgehead atoms. The molecule has 0 aliphatic heterocycles. The van der Waals surface area contributed by atoms with Crippen LogP contribution in [0.3, 0.4) is 0 Å². The largest absolute Gasteiger partial charge is 0.395 e. The Kier molecular flexibility index (Phi) is 6.90. The van der Waals surface area contributed by atoms with Crippen molar-refractivity contribution in [3.05, 3.63) is 35.1 Å². The minimum Gasteiger partial charge on any atom is -0.395 e. The van der Waals surface area contributed by atoms with Crippen LogP contribution in [0.1, 0.15) is 49.0 Å². The Morgan fingerprint density at radius 2 is 2.19 bits per heavy atom. The molecular formula is C17H22FNO2. The van der Waals surface area contributed by atoms with Crippen molar-refractivity contribution in [2.75, 3.05) is 13.7 Å². The van der Waals surface area contributed by atoms with E-state index in [4.69, 9.17) is 5.11 Å². The van der Waals surface area contributed by atoms with Gasteiger partial charge in [0.2, 0.25) is 0 Å². The van der Waals surface area contributed by atoms with Gasteiger partial charge in [-0.25, -0.2) is 4.39 Å². The standard InChI is InChI=1S/C17H22FNO2/c1-4-7-13(2)19(3)17(21)16-10-9-15(18)12-14(16)8-5-6-11-20/h9-10,12-13,20H,4,6-7,11H2,1-3H3. The molecule has 0 spiro atoms. The lowest BCUT2D eigenvalue weighted by atomic mass is 10.0. The van der Waals surface area contributed by atoms with Gasteiger partial charge in [-0.05, 0) is 31.5 Å². The van der Waals surface area contributed by atoms with Gasteiger partial charge < -0.3 is 10.0 Å². The summed E-state index contributed by atoms with van der Waals surface area (Å²) in [5.41, 5.74) is 0.760. The number of carbonyl (C=O) groups is 1. The third-order valence-electron chi connectivity index (χ3n) is 3.36. The second-order valence-corrected chi connectivity index (χ2v) is 5.02. The lowest BCUT2D eigenvalue weighted by molar-refractivity contribution is 0.0736. The number of halogens is 1. The average Bonchev–Trinajstić information content (AvgIpc) is 2.46. The molecule has 0 radical (unpaired) electrons. The molecule has 0 saturated carbocycles. The Morgan fingerprint density at radius 1 is 1.48 bits per heavy atom. The van der Waals surface area contributed by atoms with Gasteiger partial charge in [0.1, 0.15) is 5.82 Å². The highest BCUT2D eigenvalue weighted by Crippen LogP contribution is 2.15. The van der Waals surface area contributed by atoms with Gasteiger partial charge >= 0.3 is 0 Å². The van der Waals surface area contributed by atoms with Gasteiger partial charge in [0, 0.05) is 25.1 Å². The molecular weight excluding hydrogens is 269 g/mol. The van der Waals surface area contributed by atoms with Crippen molar-refractivity contribution in [1.82, 2.24) is 4.90 Å². The molecule has 3 nitrogen and oxygen atoms in total. The number of nitrogens with zero attached hydrogens (tertiary/aromatic N) is 1. The van der Waals surface area contributed by atoms with Gasteiger partial charge in [-0.1, -0.05) is 25.2 Å². The predicted molar refractivity (Wildman–Crippen MR) is 81.4 cm³/mol. The quantitative estimate of drug-likeness (QED) is 0.847. The van der Waals surface area contributed by atoms with Crippen molar-refractivity contribution < 1.29 is 14.3 Å². The summed E-state index contributed by atoms with van der Waals surface area (Å²) in [6, 6.07) is 4.11. The van der Waals surface area contributed by atoms with Crippen molar-refractivity contribution in [3.8, 4) is 11.8 Å². The molecule has 1 amide bonds. The number of amides is 1. The van der Waals surface area contributed by atoms with Crippen LogP contribution in [0.25, 0.3) is 0 Å². The van der Waals surface area contributed by atoms with Crippen LogP contribution in [0.4, 0.5) is 4.39 Å². The number of rotatable bonds is 5. The SMILES string of the molecule is CCCC(C)N(C)C(=O)c1ccc(F)cc1C#CCCO. The molecule has 1 aromatic carbocycles. The van der Waals surface area contributed by atoms with Crippen LogP contribution in [0.15, 0.2) is 18.2 Å². The molecule has 114 valence electrons. The minimum atomic E-state index is -0.427. The van der Waals surface area contributed by atoms with Crippen molar-refractivity contribution >= 4 is 5.91 Å². The molecule has 1 atom stereocenters. The van der Waals surface area contributed by atoms with E-state index in [1.807, 2.05) is 6.92 Å². The molecule has 0 heterocycles. The van der Waals surface area contributed by atoms with E-state index in [0.717, 1.165) is 12.8 Å². The molecule has 1 rings (SSSR count). The third-order valence-corrected chi connectivity index (χ3v) is 3.36. The predicted octanol–water partition coefficient (Wildman–Crippen LogP) is 2.82. The first-order valence-electron chi connectivity index (χ1n) is 7.17. The Bertz CT molecular complexity index is 545. The van der Waals surface area contributed by atoms with Gasteiger partial charge in [-0.3, -0.25) is 4.79 Å². The first-order chi connectivity index (χ1) is 10.0. The van der Waals surface area contributed by atoms with Crippen LogP contribution in [0.5, 0.6) is 0 Å². The van der Waals surface area contributed by atoms with E-state index < -0.39 is 5.82 Å². The number of aliphatic hydroxyl groups is 1. The lowest BCUT2D eigenvalue weighted by Gasteiger charge is -2.25. The maximum Gasteiger partial charge on any atom is 0.255 e. The zero-order chi connectivity index (χ0) is 15.8. The van der Waals surface area contributed by atoms with Gasteiger partial charge in [0.25, 0.3) is 5.91 Å². The number of aliphatic hydroxyl groups excluding tert-OH is 1. The number of hydrogen-bond donors (Lipinski definition) is 1. The molecule has 0 aromatic heterocycles. The zero-order valence-corrected chi connectivity index (χ0v) is 12.8. The second kappa shape index (κ2) is 8.43. The number of hydrogen-bond acceptors (Lipinski definition) is 2. The molecule has 4 heteroatoms. The van der Waals surface area contributed by atoms with E-state index in [-0.39, 0.29) is 18.6 Å². The van der Waals surface area contributed by atoms with Crippen LogP contribution < -0.4 is 0 Å². The third kappa shape index (κ3) is 4.87. The monoisotopic (exact) mass is 291 g/mol. The summed E-state index contributed by atoms with van der Waals surface area (Å²) in [4.78, 5) is 14.2. The normalized spacial score (nSPS) is 11.5. The van der Waals surface area contributed by atoms with E-state index in [1.54, 1.807) is 11.9 Å². The fourth-order valence-corrected chi connectivity index (χ4v) is 2.02. The first kappa shape index (κ1) is 17.2. The maximum atomic E-state index is 13.4. The molecule has 0 fully saturated rings. The fourth-order valence-electron chi connectivity index (χ4n) is 2.02. The van der Waals surface area contributed by atoms with Crippen LogP contribution in [0.2, 0.25) is 0 Å². The summed E-state index contributed by atoms with van der Waals surface area (Å²) < 4.78 is 13.4. The summed E-state index contributed by atoms with van der Waals surface area (Å²) in [7, 11) is 1.75. The van der Waals surface area contributed by atoms with Crippen LogP contribution in [-0.2, 0) is 0 Å². The summed E-state index contributed by atoms with van der Waals surface area (Å²) in [6.07, 6.45) is 2.20. The topological polar surface area (TPSA) is 40.5 Å². The number of carbonyl (C=O) groups excluding carboxylic acids is 1. The van der Waals surface area contributed by atoms with Crippen LogP contribution >= 0.6 is 0 Å². The Balaban J connectivity index is 3.06. The molecule has 0 aliphatic carbocycles. The Morgan fingerprint density at radius 3 is 2.81 bits per heavy atom. The van der Waals surface area contributed by atoms with E-state index in [2.05, 4.69) is 18.8 Å². The van der Waals surface area contributed by atoms with Gasteiger partial charge in [-0.2, -0.15) is 0 Å². The summed E-state index contributed by atoms with van der Waals surface area (Å²) >= 11 is 0. The van der Waals surface area contributed by atoms with E-state index in [0.29, 0.717) is 17.5 Å². The van der Waals surface area contributed by atoms with Crippen molar-refractivity contribution in [2.45, 2.75) is 39.2 Å². The molecule has 1 aromatic rings. The second-order valence-electron chi connectivity index (χ2n) is 5.02. The average molecular weight is 291 g/mol. The lowest BCUT2D eigenvalue weighted by Crippen LogP contribution is -2.35. The number of benzene rings is 1. The molecule has 0 aliphatic rings. The van der Waals surface area contributed by atoms with E-state index >= 15 is 0 Å². The van der Waals surface area contributed by atoms with E-state index in [1.165, 1.54) is 18.2 Å². The molecule has 1 unspecified atom stereocenters. The van der Waals surface area contributed by atoms with Crippen molar-refractivity contribution in [3.63, 3.8) is 0 Å². The fraction of sp³-hybridized carbons (Fsp3) is 0.471. The highest BCUT2D eigenvalue weighted by atomic mass is 19.1. The van der Waals surface area contributed by atoms with Gasteiger partial charge in [0.05, 0.1) is 12.2 Å². The van der Waals surface area contributed by atoms with Crippen LogP contribution in [0, 0.1) is 17.7 Å². The molecule has 21 heavy (non-hydrogen) atoms. The Labute approximate surface area is 125 Å². The minimum absolute atomic E-state index is 0.0565. The van der Waals surface area contributed by atoms with Gasteiger partial charge in [0.15, 0.2) is 0 Å². The summed E-state index contributed by atoms with van der Waals surface area (Å²) in [5.74, 6) is 4.90. The van der Waals surface area contributed by atoms with Crippen molar-refractivity contribution in [2.24, 2.45) is 0 Å².